The number of carbonyl (C=O) groups is 1. The summed E-state index contributed by atoms with van der Waals surface area (Å²) in [5.74, 6) is 0.160. The standard InChI is InChI=1S/C15H11BrCl2N2O2/c16-13-7-12(18)5-6-14(13)22-9-15(21)20-19-8-10-1-3-11(17)4-2-10/h1-8H,9H2,(H,20,21). The third-order valence-corrected chi connectivity index (χ3v) is 3.63. The number of hydrogen-bond acceptors (Lipinski definition) is 3. The lowest BCUT2D eigenvalue weighted by molar-refractivity contribution is -0.123. The van der Waals surface area contributed by atoms with Crippen LogP contribution in [0, 0.1) is 0 Å². The zero-order chi connectivity index (χ0) is 15.9. The van der Waals surface area contributed by atoms with Crippen LogP contribution in [-0.4, -0.2) is 18.7 Å². The summed E-state index contributed by atoms with van der Waals surface area (Å²) in [6, 6.07) is 12.1. The van der Waals surface area contributed by atoms with Gasteiger partial charge in [0.2, 0.25) is 0 Å². The fourth-order valence-corrected chi connectivity index (χ4v) is 2.42. The van der Waals surface area contributed by atoms with Gasteiger partial charge in [-0.05, 0) is 51.8 Å². The van der Waals surface area contributed by atoms with Crippen LogP contribution in [0.2, 0.25) is 10.0 Å². The van der Waals surface area contributed by atoms with Gasteiger partial charge in [-0.15, -0.1) is 0 Å². The number of nitrogens with zero attached hydrogens (tertiary/aromatic N) is 1. The molecule has 0 aromatic heterocycles. The van der Waals surface area contributed by atoms with E-state index in [2.05, 4.69) is 26.5 Å². The van der Waals surface area contributed by atoms with E-state index in [4.69, 9.17) is 27.9 Å². The van der Waals surface area contributed by atoms with Gasteiger partial charge >= 0.3 is 0 Å². The number of nitrogens with one attached hydrogen (secondary N) is 1. The molecule has 0 bridgehead atoms. The summed E-state index contributed by atoms with van der Waals surface area (Å²) in [7, 11) is 0. The Hall–Kier alpha value is -1.56. The second kappa shape index (κ2) is 8.17. The Kier molecular flexibility index (Phi) is 6.24. The highest BCUT2D eigenvalue weighted by atomic mass is 79.9. The summed E-state index contributed by atoms with van der Waals surface area (Å²) in [5, 5.41) is 5.06. The molecule has 0 unspecified atom stereocenters. The Labute approximate surface area is 146 Å². The van der Waals surface area contributed by atoms with E-state index in [1.165, 1.54) is 6.21 Å². The van der Waals surface area contributed by atoms with Crippen molar-refractivity contribution in [3.8, 4) is 5.75 Å². The van der Waals surface area contributed by atoms with Crippen LogP contribution in [0.3, 0.4) is 0 Å². The second-order valence-electron chi connectivity index (χ2n) is 4.21. The van der Waals surface area contributed by atoms with E-state index in [-0.39, 0.29) is 12.5 Å². The molecule has 0 saturated carbocycles. The van der Waals surface area contributed by atoms with Gasteiger partial charge < -0.3 is 4.74 Å². The highest BCUT2D eigenvalue weighted by molar-refractivity contribution is 9.10. The molecule has 7 heteroatoms. The van der Waals surface area contributed by atoms with Crippen molar-refractivity contribution >= 4 is 51.3 Å². The number of ether oxygens (including phenoxy) is 1. The van der Waals surface area contributed by atoms with E-state index in [1.807, 2.05) is 0 Å². The second-order valence-corrected chi connectivity index (χ2v) is 5.94. The van der Waals surface area contributed by atoms with Gasteiger partial charge in [0.25, 0.3) is 5.91 Å². The first-order valence-electron chi connectivity index (χ1n) is 6.20. The molecule has 0 aliphatic rings. The van der Waals surface area contributed by atoms with Gasteiger partial charge in [0.05, 0.1) is 10.7 Å². The summed E-state index contributed by atoms with van der Waals surface area (Å²) >= 11 is 14.9. The monoisotopic (exact) mass is 400 g/mol. The first-order chi connectivity index (χ1) is 10.5. The van der Waals surface area contributed by atoms with E-state index < -0.39 is 0 Å². The third kappa shape index (κ3) is 5.33. The summed E-state index contributed by atoms with van der Waals surface area (Å²) in [6.07, 6.45) is 1.52. The largest absolute Gasteiger partial charge is 0.483 e. The van der Waals surface area contributed by atoms with Crippen LogP contribution in [0.15, 0.2) is 52.0 Å². The summed E-state index contributed by atoms with van der Waals surface area (Å²) < 4.78 is 6.04. The minimum absolute atomic E-state index is 0.155. The van der Waals surface area contributed by atoms with Crippen molar-refractivity contribution in [2.45, 2.75) is 0 Å². The normalized spacial score (nSPS) is 10.7. The van der Waals surface area contributed by atoms with Crippen LogP contribution < -0.4 is 10.2 Å². The average Bonchev–Trinajstić information content (AvgIpc) is 2.48. The zero-order valence-electron chi connectivity index (χ0n) is 11.2. The van der Waals surface area contributed by atoms with Crippen molar-refractivity contribution in [2.75, 3.05) is 6.61 Å². The van der Waals surface area contributed by atoms with Gasteiger partial charge in [0.1, 0.15) is 5.75 Å². The molecule has 0 radical (unpaired) electrons. The molecule has 0 fully saturated rings. The molecule has 2 aromatic rings. The molecule has 0 heterocycles. The maximum Gasteiger partial charge on any atom is 0.277 e. The topological polar surface area (TPSA) is 50.7 Å². The van der Waals surface area contributed by atoms with E-state index in [0.29, 0.717) is 20.3 Å². The Morgan fingerprint density at radius 1 is 1.18 bits per heavy atom. The minimum atomic E-state index is -0.368. The number of halogens is 3. The lowest BCUT2D eigenvalue weighted by atomic mass is 10.2. The van der Waals surface area contributed by atoms with E-state index in [0.717, 1.165) is 5.56 Å². The molecule has 1 N–H and O–H groups in total. The Morgan fingerprint density at radius 3 is 2.55 bits per heavy atom. The highest BCUT2D eigenvalue weighted by Crippen LogP contribution is 2.27. The predicted octanol–water partition coefficient (Wildman–Crippen LogP) is 4.29. The van der Waals surface area contributed by atoms with Crippen LogP contribution in [0.4, 0.5) is 0 Å². The molecule has 114 valence electrons. The van der Waals surface area contributed by atoms with Gasteiger partial charge in [0.15, 0.2) is 6.61 Å². The number of rotatable bonds is 5. The van der Waals surface area contributed by atoms with Gasteiger partial charge in [-0.1, -0.05) is 35.3 Å². The number of amides is 1. The smallest absolute Gasteiger partial charge is 0.277 e. The molecule has 0 spiro atoms. The SMILES string of the molecule is O=C(COc1ccc(Cl)cc1Br)NN=Cc1ccc(Cl)cc1. The Balaban J connectivity index is 1.81. The Bertz CT molecular complexity index is 690. The van der Waals surface area contributed by atoms with Crippen LogP contribution in [0.1, 0.15) is 5.56 Å². The number of benzene rings is 2. The lowest BCUT2D eigenvalue weighted by Crippen LogP contribution is -2.24. The quantitative estimate of drug-likeness (QED) is 0.600. The lowest BCUT2D eigenvalue weighted by Gasteiger charge is -2.07. The van der Waals surface area contributed by atoms with Crippen molar-refractivity contribution in [3.05, 3.63) is 62.5 Å². The van der Waals surface area contributed by atoms with E-state index in [9.17, 15) is 4.79 Å². The molecule has 0 aliphatic carbocycles. The number of carbonyl (C=O) groups excluding carboxylic acids is 1. The molecular formula is C15H11BrCl2N2O2. The number of hydrazone groups is 1. The van der Waals surface area contributed by atoms with Gasteiger partial charge in [-0.3, -0.25) is 4.79 Å². The van der Waals surface area contributed by atoms with Crippen molar-refractivity contribution < 1.29 is 9.53 Å². The first kappa shape index (κ1) is 16.8. The maximum absolute atomic E-state index is 11.6. The van der Waals surface area contributed by atoms with E-state index in [1.54, 1.807) is 42.5 Å². The molecule has 2 rings (SSSR count). The third-order valence-electron chi connectivity index (χ3n) is 2.53. The van der Waals surface area contributed by atoms with Crippen molar-refractivity contribution in [1.29, 1.82) is 0 Å². The highest BCUT2D eigenvalue weighted by Gasteiger charge is 2.05. The summed E-state index contributed by atoms with van der Waals surface area (Å²) in [5.41, 5.74) is 3.20. The molecule has 2 aromatic carbocycles. The van der Waals surface area contributed by atoms with E-state index >= 15 is 0 Å². The maximum atomic E-state index is 11.6. The van der Waals surface area contributed by atoms with Crippen LogP contribution >= 0.6 is 39.1 Å². The Morgan fingerprint density at radius 2 is 1.86 bits per heavy atom. The van der Waals surface area contributed by atoms with Crippen LogP contribution in [-0.2, 0) is 4.79 Å². The summed E-state index contributed by atoms with van der Waals surface area (Å²) in [6.45, 7) is -0.155. The average molecular weight is 402 g/mol. The molecule has 0 atom stereocenters. The molecular weight excluding hydrogens is 391 g/mol. The van der Waals surface area contributed by atoms with Gasteiger partial charge in [-0.2, -0.15) is 5.10 Å². The molecule has 4 nitrogen and oxygen atoms in total. The van der Waals surface area contributed by atoms with Gasteiger partial charge in [-0.25, -0.2) is 5.43 Å². The van der Waals surface area contributed by atoms with Crippen molar-refractivity contribution in [2.24, 2.45) is 5.10 Å². The molecule has 0 saturated heterocycles. The van der Waals surface area contributed by atoms with Crippen molar-refractivity contribution in [3.63, 3.8) is 0 Å². The fourth-order valence-electron chi connectivity index (χ4n) is 1.50. The predicted molar refractivity (Wildman–Crippen MR) is 91.8 cm³/mol. The zero-order valence-corrected chi connectivity index (χ0v) is 14.3. The van der Waals surface area contributed by atoms with Crippen LogP contribution in [0.5, 0.6) is 5.75 Å². The molecule has 1 amide bonds. The fraction of sp³-hybridized carbons (Fsp3) is 0.0667. The molecule has 0 aliphatic heterocycles. The van der Waals surface area contributed by atoms with Gasteiger partial charge in [0, 0.05) is 10.0 Å². The van der Waals surface area contributed by atoms with Crippen molar-refractivity contribution in [1.82, 2.24) is 5.43 Å². The molecule has 22 heavy (non-hydrogen) atoms. The van der Waals surface area contributed by atoms with Crippen LogP contribution in [0.25, 0.3) is 0 Å². The minimum Gasteiger partial charge on any atom is -0.483 e. The number of hydrogen-bond donors (Lipinski definition) is 1. The first-order valence-corrected chi connectivity index (χ1v) is 7.75. The summed E-state index contributed by atoms with van der Waals surface area (Å²) in [4.78, 5) is 11.6.